The number of rotatable bonds is 20. The molecule has 0 spiro atoms. The molecule has 14 N–H and O–H groups in total. The van der Waals surface area contributed by atoms with Crippen molar-refractivity contribution in [1.29, 1.82) is 0 Å². The number of aliphatic imine (C=N–C) groups is 1. The Bertz CT molecular complexity index is 1390. The van der Waals surface area contributed by atoms with Gasteiger partial charge in [-0.15, -0.1) is 0 Å². The molecule has 1 saturated heterocycles. The summed E-state index contributed by atoms with van der Waals surface area (Å²) in [7, 11) is 0. The van der Waals surface area contributed by atoms with E-state index in [4.69, 9.17) is 17.2 Å². The number of nitrogens with one attached hydrogen (secondary N) is 4. The fraction of sp³-hybridized carbons (Fsp3) is 0.594. The van der Waals surface area contributed by atoms with Crippen LogP contribution in [0.2, 0.25) is 0 Å². The van der Waals surface area contributed by atoms with Gasteiger partial charge in [0.2, 0.25) is 29.5 Å². The van der Waals surface area contributed by atoms with Crippen molar-refractivity contribution in [3.8, 4) is 5.75 Å². The van der Waals surface area contributed by atoms with Gasteiger partial charge in [-0.05, 0) is 55.7 Å². The third-order valence-corrected chi connectivity index (χ3v) is 8.09. The number of carbonyl (C=O) groups excluding carboxylic acids is 5. The second-order valence-electron chi connectivity index (χ2n) is 12.7. The number of aliphatic hydroxyl groups excluding tert-OH is 2. The number of carboxylic acid groups (broad SMARTS) is 1. The van der Waals surface area contributed by atoms with E-state index in [0.717, 1.165) is 0 Å². The molecule has 51 heavy (non-hydrogen) atoms. The van der Waals surface area contributed by atoms with Crippen molar-refractivity contribution in [3.05, 3.63) is 29.8 Å². The van der Waals surface area contributed by atoms with E-state index in [1.807, 2.05) is 13.8 Å². The summed E-state index contributed by atoms with van der Waals surface area (Å²) in [5, 5.41) is 48.7. The zero-order valence-corrected chi connectivity index (χ0v) is 28.8. The highest BCUT2D eigenvalue weighted by Gasteiger charge is 2.40. The Morgan fingerprint density at radius 3 is 1.98 bits per heavy atom. The number of carbonyl (C=O) groups is 6. The number of amides is 5. The number of hydrogen-bond donors (Lipinski definition) is 11. The van der Waals surface area contributed by atoms with E-state index in [0.29, 0.717) is 18.4 Å². The van der Waals surface area contributed by atoms with Gasteiger partial charge >= 0.3 is 5.97 Å². The van der Waals surface area contributed by atoms with Gasteiger partial charge in [0, 0.05) is 19.5 Å². The number of carboxylic acids is 1. The highest BCUT2D eigenvalue weighted by atomic mass is 16.4. The summed E-state index contributed by atoms with van der Waals surface area (Å²) >= 11 is 0. The third-order valence-electron chi connectivity index (χ3n) is 8.09. The van der Waals surface area contributed by atoms with Crippen molar-refractivity contribution in [2.75, 3.05) is 26.3 Å². The molecule has 1 heterocycles. The van der Waals surface area contributed by atoms with Gasteiger partial charge in [-0.2, -0.15) is 0 Å². The number of hydrogen-bond acceptors (Lipinski definition) is 11. The van der Waals surface area contributed by atoms with Gasteiger partial charge < -0.3 is 63.8 Å². The summed E-state index contributed by atoms with van der Waals surface area (Å²) < 4.78 is 0. The van der Waals surface area contributed by atoms with Gasteiger partial charge in [0.15, 0.2) is 5.96 Å². The van der Waals surface area contributed by atoms with E-state index >= 15 is 0 Å². The number of nitrogens with two attached hydrogens (primary N) is 3. The third kappa shape index (κ3) is 13.7. The maximum absolute atomic E-state index is 14.0. The van der Waals surface area contributed by atoms with Gasteiger partial charge in [-0.3, -0.25) is 29.0 Å². The van der Waals surface area contributed by atoms with Crippen LogP contribution >= 0.6 is 0 Å². The Hall–Kier alpha value is -5.01. The Labute approximate surface area is 295 Å². The topological polar surface area (TPSA) is 325 Å². The minimum Gasteiger partial charge on any atom is -0.508 e. The second kappa shape index (κ2) is 20.6. The molecule has 0 aromatic heterocycles. The molecule has 0 bridgehead atoms. The van der Waals surface area contributed by atoms with Crippen LogP contribution in [0.3, 0.4) is 0 Å². The average Bonchev–Trinajstić information content (AvgIpc) is 3.57. The smallest absolute Gasteiger partial charge is 0.326 e. The molecule has 1 fully saturated rings. The number of phenolic OH excluding ortho intramolecular Hbond substituents is 1. The van der Waals surface area contributed by atoms with Crippen LogP contribution in [0.4, 0.5) is 0 Å². The largest absolute Gasteiger partial charge is 0.508 e. The molecule has 0 aliphatic carbocycles. The van der Waals surface area contributed by atoms with Gasteiger partial charge in [-0.1, -0.05) is 26.0 Å². The summed E-state index contributed by atoms with van der Waals surface area (Å²) in [5.41, 5.74) is 16.9. The zero-order chi connectivity index (χ0) is 38.2. The lowest BCUT2D eigenvalue weighted by Crippen LogP contribution is -2.60. The van der Waals surface area contributed by atoms with E-state index in [1.165, 1.54) is 29.2 Å². The van der Waals surface area contributed by atoms with Crippen molar-refractivity contribution in [3.63, 3.8) is 0 Å². The maximum atomic E-state index is 14.0. The maximum Gasteiger partial charge on any atom is 0.326 e. The van der Waals surface area contributed by atoms with E-state index in [2.05, 4.69) is 26.3 Å². The van der Waals surface area contributed by atoms with E-state index in [-0.39, 0.29) is 56.4 Å². The van der Waals surface area contributed by atoms with Crippen molar-refractivity contribution in [2.45, 2.75) is 88.6 Å². The molecule has 1 aromatic rings. The first kappa shape index (κ1) is 42.2. The van der Waals surface area contributed by atoms with Crippen LogP contribution in [-0.4, -0.2) is 129 Å². The van der Waals surface area contributed by atoms with Crippen LogP contribution in [0, 0.1) is 5.92 Å². The molecule has 19 nitrogen and oxygen atoms in total. The highest BCUT2D eigenvalue weighted by molar-refractivity contribution is 5.96. The summed E-state index contributed by atoms with van der Waals surface area (Å²) in [5.74, 6) is -5.56. The van der Waals surface area contributed by atoms with Crippen LogP contribution in [0.5, 0.6) is 5.75 Å². The highest BCUT2D eigenvalue weighted by Crippen LogP contribution is 2.21. The molecule has 2 rings (SSSR count). The predicted octanol–water partition coefficient (Wildman–Crippen LogP) is -3.64. The molecule has 0 saturated carbocycles. The Balaban J connectivity index is 2.20. The fourth-order valence-electron chi connectivity index (χ4n) is 5.39. The monoisotopic (exact) mass is 721 g/mol. The first-order chi connectivity index (χ1) is 24.1. The minimum atomic E-state index is -1.64. The summed E-state index contributed by atoms with van der Waals surface area (Å²) in [6, 6.07) is -2.01. The Kier molecular flexibility index (Phi) is 17.0. The lowest BCUT2D eigenvalue weighted by atomic mass is 10.0. The molecule has 6 atom stereocenters. The number of guanidine groups is 1. The van der Waals surface area contributed by atoms with Crippen molar-refractivity contribution < 1.29 is 49.2 Å². The molecule has 5 amide bonds. The zero-order valence-electron chi connectivity index (χ0n) is 28.8. The molecular weight excluding hydrogens is 670 g/mol. The first-order valence-electron chi connectivity index (χ1n) is 16.6. The summed E-state index contributed by atoms with van der Waals surface area (Å²) in [6.45, 7) is 2.15. The molecular formula is C32H51N9O10. The van der Waals surface area contributed by atoms with Crippen molar-refractivity contribution in [2.24, 2.45) is 28.1 Å². The fourth-order valence-corrected chi connectivity index (χ4v) is 5.39. The number of likely N-dealkylation sites (tertiary alicyclic amines) is 1. The van der Waals surface area contributed by atoms with Crippen LogP contribution in [-0.2, 0) is 35.2 Å². The molecule has 1 aliphatic rings. The lowest BCUT2D eigenvalue weighted by Gasteiger charge is -2.30. The van der Waals surface area contributed by atoms with E-state index in [9.17, 15) is 49.2 Å². The molecule has 19 heteroatoms. The SMILES string of the molecule is CC(C)C[C@H](NC(=O)[C@@H]1CCCN1C(=O)[C@H](Cc1ccc(O)cc1)NC(=O)[C@H](CO)NC(=O)[C@H](CO)NC(=O)[C@@H](N)CCCN=C(N)N)C(=O)O. The van der Waals surface area contributed by atoms with Crippen LogP contribution < -0.4 is 38.5 Å². The normalized spacial score (nSPS) is 17.0. The van der Waals surface area contributed by atoms with Crippen LogP contribution in [0.25, 0.3) is 0 Å². The van der Waals surface area contributed by atoms with Crippen molar-refractivity contribution >= 4 is 41.5 Å². The quantitative estimate of drug-likeness (QED) is 0.0352. The second-order valence-corrected chi connectivity index (χ2v) is 12.7. The summed E-state index contributed by atoms with van der Waals surface area (Å²) in [4.78, 5) is 82.9. The first-order valence-corrected chi connectivity index (χ1v) is 16.6. The van der Waals surface area contributed by atoms with E-state index in [1.54, 1.807) is 0 Å². The van der Waals surface area contributed by atoms with Crippen LogP contribution in [0.15, 0.2) is 29.3 Å². The molecule has 1 aliphatic heterocycles. The van der Waals surface area contributed by atoms with Gasteiger partial charge in [0.05, 0.1) is 19.3 Å². The number of aliphatic carboxylic acids is 1. The number of phenols is 1. The van der Waals surface area contributed by atoms with Gasteiger partial charge in [-0.25, -0.2) is 4.79 Å². The summed E-state index contributed by atoms with van der Waals surface area (Å²) in [6.07, 6.45) is 1.22. The van der Waals surface area contributed by atoms with Gasteiger partial charge in [0.25, 0.3) is 0 Å². The molecule has 284 valence electrons. The predicted molar refractivity (Wildman–Crippen MR) is 183 cm³/mol. The molecule has 1 aromatic carbocycles. The minimum absolute atomic E-state index is 0.0352. The Morgan fingerprint density at radius 1 is 0.882 bits per heavy atom. The number of aromatic hydroxyl groups is 1. The molecule has 0 radical (unpaired) electrons. The average molecular weight is 722 g/mol. The van der Waals surface area contributed by atoms with Crippen molar-refractivity contribution in [1.82, 2.24) is 26.2 Å². The van der Waals surface area contributed by atoms with E-state index < -0.39 is 85.0 Å². The number of benzene rings is 1. The standard InChI is InChI=1S/C32H51N9O10/c1-17(2)13-22(31(50)51)38-29(48)25-6-4-12-41(25)30(49)21(14-18-7-9-19(44)10-8-18)37-27(46)24(16-43)40-28(47)23(15-42)39-26(45)20(33)5-3-11-36-32(34)35/h7-10,17,20-25,42-44H,3-6,11-16,33H2,1-2H3,(H,37,46)(H,38,48)(H,39,45)(H,40,47)(H,50,51)(H4,34,35,36)/t20-,21-,22-,23-,24-,25-/m0/s1. The van der Waals surface area contributed by atoms with Crippen LogP contribution in [0.1, 0.15) is 51.5 Å². The number of nitrogens with zero attached hydrogens (tertiary/aromatic N) is 2. The Morgan fingerprint density at radius 2 is 1.45 bits per heavy atom. The lowest BCUT2D eigenvalue weighted by molar-refractivity contribution is -0.145. The molecule has 0 unspecified atom stereocenters. The van der Waals surface area contributed by atoms with Gasteiger partial charge in [0.1, 0.15) is 36.0 Å². The number of aliphatic hydroxyl groups is 2.